The molecule has 5 rings (SSSR count). The Balaban J connectivity index is 1.69. The van der Waals surface area contributed by atoms with Gasteiger partial charge in [0.2, 0.25) is 0 Å². The van der Waals surface area contributed by atoms with Gasteiger partial charge < -0.3 is 19.6 Å². The molecule has 1 aliphatic rings. The number of anilines is 1. The molecule has 37 heavy (non-hydrogen) atoms. The first-order chi connectivity index (χ1) is 17.9. The molecule has 1 aromatic heterocycles. The van der Waals surface area contributed by atoms with E-state index in [1.165, 1.54) is 24.1 Å². The number of aromatic amines is 1. The molecule has 1 aliphatic heterocycles. The fourth-order valence-corrected chi connectivity index (χ4v) is 4.61. The Morgan fingerprint density at radius 3 is 2.51 bits per heavy atom. The molecular weight excluding hydrogens is 472 g/mol. The lowest BCUT2D eigenvalue weighted by atomic mass is 9.94. The van der Waals surface area contributed by atoms with Gasteiger partial charge in [-0.1, -0.05) is 30.3 Å². The van der Waals surface area contributed by atoms with E-state index in [1.807, 2.05) is 24.3 Å². The van der Waals surface area contributed by atoms with E-state index in [9.17, 15) is 19.5 Å². The molecule has 1 unspecified atom stereocenters. The number of carbonyl (C=O) groups excluding carboxylic acids is 3. The number of hydrogen-bond donors (Lipinski definition) is 2. The number of ketones is 1. The molecule has 0 bridgehead atoms. The van der Waals surface area contributed by atoms with E-state index >= 15 is 0 Å². The average Bonchev–Trinajstić information content (AvgIpc) is 3.47. The number of carbonyl (C=O) groups is 3. The number of aliphatic hydroxyl groups is 1. The van der Waals surface area contributed by atoms with Crippen LogP contribution >= 0.6 is 0 Å². The Kier molecular flexibility index (Phi) is 6.23. The first-order valence-electron chi connectivity index (χ1n) is 11.7. The number of benzene rings is 3. The predicted octanol–water partition coefficient (Wildman–Crippen LogP) is 4.98. The van der Waals surface area contributed by atoms with Gasteiger partial charge in [0.05, 0.1) is 30.9 Å². The molecule has 1 atom stereocenters. The van der Waals surface area contributed by atoms with Gasteiger partial charge in [-0.2, -0.15) is 0 Å². The van der Waals surface area contributed by atoms with E-state index in [0.717, 1.165) is 10.9 Å². The molecule has 0 aliphatic carbocycles. The molecule has 2 N–H and O–H groups in total. The molecule has 0 spiro atoms. The maximum Gasteiger partial charge on any atom is 0.338 e. The monoisotopic (exact) mass is 496 g/mol. The molecule has 8 nitrogen and oxygen atoms in total. The Morgan fingerprint density at radius 2 is 1.78 bits per heavy atom. The second kappa shape index (κ2) is 9.66. The highest BCUT2D eigenvalue weighted by molar-refractivity contribution is 6.51. The zero-order valence-corrected chi connectivity index (χ0v) is 20.2. The van der Waals surface area contributed by atoms with E-state index in [0.29, 0.717) is 28.1 Å². The largest absolute Gasteiger partial charge is 0.507 e. The number of ether oxygens (including phenoxy) is 2. The first-order valence-corrected chi connectivity index (χ1v) is 11.7. The average molecular weight is 497 g/mol. The molecule has 0 radical (unpaired) electrons. The smallest absolute Gasteiger partial charge is 0.338 e. The lowest BCUT2D eigenvalue weighted by Crippen LogP contribution is -2.29. The number of aromatic nitrogens is 1. The second-order valence-corrected chi connectivity index (χ2v) is 8.46. The third-order valence-electron chi connectivity index (χ3n) is 6.35. The lowest BCUT2D eigenvalue weighted by Gasteiger charge is -2.25. The van der Waals surface area contributed by atoms with Crippen molar-refractivity contribution in [2.75, 3.05) is 18.6 Å². The molecule has 2 heterocycles. The van der Waals surface area contributed by atoms with Crippen LogP contribution in [-0.4, -0.2) is 41.5 Å². The molecule has 4 aromatic rings. The topological polar surface area (TPSA) is 109 Å². The van der Waals surface area contributed by atoms with Crippen LogP contribution in [0.1, 0.15) is 34.5 Å². The highest BCUT2D eigenvalue weighted by Gasteiger charge is 2.47. The highest BCUT2D eigenvalue weighted by Crippen LogP contribution is 2.43. The Bertz CT molecular complexity index is 1550. The van der Waals surface area contributed by atoms with Crippen LogP contribution in [0.25, 0.3) is 16.7 Å². The maximum atomic E-state index is 13.4. The third-order valence-corrected chi connectivity index (χ3v) is 6.35. The van der Waals surface area contributed by atoms with E-state index in [4.69, 9.17) is 9.47 Å². The van der Waals surface area contributed by atoms with Gasteiger partial charge in [0.1, 0.15) is 11.5 Å². The molecule has 0 saturated carbocycles. The minimum atomic E-state index is -0.933. The fourth-order valence-electron chi connectivity index (χ4n) is 4.61. The van der Waals surface area contributed by atoms with Crippen LogP contribution in [0, 0.1) is 0 Å². The van der Waals surface area contributed by atoms with Crippen molar-refractivity contribution in [3.05, 3.63) is 101 Å². The Morgan fingerprint density at radius 1 is 1.03 bits per heavy atom. The van der Waals surface area contributed by atoms with E-state index in [1.54, 1.807) is 49.5 Å². The molecule has 186 valence electrons. The molecule has 1 saturated heterocycles. The summed E-state index contributed by atoms with van der Waals surface area (Å²) in [5.41, 5.74) is 2.44. The van der Waals surface area contributed by atoms with Gasteiger partial charge in [0.25, 0.3) is 11.7 Å². The SMILES string of the molecule is CCOC(=O)c1ccc(N2C(=O)C(=O)/C(=C(\O)c3c[nH]c4ccccc34)C2c2cccc(OC)c2)cc1. The third kappa shape index (κ3) is 4.12. The van der Waals surface area contributed by atoms with Crippen molar-refractivity contribution in [2.24, 2.45) is 0 Å². The summed E-state index contributed by atoms with van der Waals surface area (Å²) in [6.07, 6.45) is 1.62. The van der Waals surface area contributed by atoms with Gasteiger partial charge in [-0.05, 0) is 55.0 Å². The first kappa shape index (κ1) is 23.9. The molecule has 1 amide bonds. The summed E-state index contributed by atoms with van der Waals surface area (Å²) < 4.78 is 10.4. The standard InChI is InChI=1S/C29H24N2O6/c1-3-37-29(35)17-11-13-19(14-12-17)31-25(18-7-6-8-20(15-18)36-2)24(27(33)28(31)34)26(32)22-16-30-23-10-5-4-9-21(22)23/h4-16,25,30,32H,3H2,1-2H3/b26-24-. The fraction of sp³-hybridized carbons (Fsp3) is 0.138. The van der Waals surface area contributed by atoms with Crippen molar-refractivity contribution < 1.29 is 29.0 Å². The summed E-state index contributed by atoms with van der Waals surface area (Å²) in [5, 5.41) is 12.2. The summed E-state index contributed by atoms with van der Waals surface area (Å²) >= 11 is 0. The zero-order valence-electron chi connectivity index (χ0n) is 20.2. The highest BCUT2D eigenvalue weighted by atomic mass is 16.5. The summed E-state index contributed by atoms with van der Waals surface area (Å²) in [4.78, 5) is 43.4. The van der Waals surface area contributed by atoms with Crippen LogP contribution in [0.4, 0.5) is 5.69 Å². The summed E-state index contributed by atoms with van der Waals surface area (Å²) in [7, 11) is 1.52. The number of rotatable bonds is 6. The Labute approximate surface area is 212 Å². The minimum Gasteiger partial charge on any atom is -0.507 e. The summed E-state index contributed by atoms with van der Waals surface area (Å²) in [6, 6.07) is 19.7. The van der Waals surface area contributed by atoms with Gasteiger partial charge in [-0.25, -0.2) is 4.79 Å². The van der Waals surface area contributed by atoms with Crippen LogP contribution in [0.2, 0.25) is 0 Å². The second-order valence-electron chi connectivity index (χ2n) is 8.46. The number of esters is 1. The van der Waals surface area contributed by atoms with Gasteiger partial charge in [-0.15, -0.1) is 0 Å². The van der Waals surface area contributed by atoms with Gasteiger partial charge in [0.15, 0.2) is 0 Å². The number of amides is 1. The maximum absolute atomic E-state index is 13.4. The van der Waals surface area contributed by atoms with E-state index in [2.05, 4.69) is 4.98 Å². The number of nitrogens with one attached hydrogen (secondary N) is 1. The molecule has 3 aromatic carbocycles. The Hall–Kier alpha value is -4.85. The predicted molar refractivity (Wildman–Crippen MR) is 138 cm³/mol. The normalized spacial score (nSPS) is 16.8. The van der Waals surface area contributed by atoms with Crippen molar-refractivity contribution in [3.8, 4) is 5.75 Å². The number of H-pyrrole nitrogens is 1. The van der Waals surface area contributed by atoms with Gasteiger partial charge >= 0.3 is 5.97 Å². The summed E-state index contributed by atoms with van der Waals surface area (Å²) in [5.74, 6) is -1.84. The number of Topliss-reactive ketones (excluding diaryl/α,β-unsaturated/α-hetero) is 1. The van der Waals surface area contributed by atoms with Crippen molar-refractivity contribution in [1.29, 1.82) is 0 Å². The van der Waals surface area contributed by atoms with Crippen LogP contribution < -0.4 is 9.64 Å². The number of nitrogens with zero attached hydrogens (tertiary/aromatic N) is 1. The number of methoxy groups -OCH3 is 1. The van der Waals surface area contributed by atoms with Crippen LogP contribution in [0.15, 0.2) is 84.6 Å². The van der Waals surface area contributed by atoms with Crippen molar-refractivity contribution >= 4 is 40.0 Å². The number of aliphatic hydroxyl groups excluding tert-OH is 1. The van der Waals surface area contributed by atoms with Crippen molar-refractivity contribution in [3.63, 3.8) is 0 Å². The van der Waals surface area contributed by atoms with Crippen LogP contribution in [-0.2, 0) is 14.3 Å². The van der Waals surface area contributed by atoms with Gasteiger partial charge in [-0.3, -0.25) is 14.5 Å². The number of fused-ring (bicyclic) bond motifs is 1. The lowest BCUT2D eigenvalue weighted by molar-refractivity contribution is -0.132. The quantitative estimate of drug-likeness (QED) is 0.169. The van der Waals surface area contributed by atoms with Crippen molar-refractivity contribution in [1.82, 2.24) is 4.98 Å². The number of hydrogen-bond acceptors (Lipinski definition) is 6. The van der Waals surface area contributed by atoms with Crippen molar-refractivity contribution in [2.45, 2.75) is 13.0 Å². The number of para-hydroxylation sites is 1. The summed E-state index contributed by atoms with van der Waals surface area (Å²) in [6.45, 7) is 1.95. The van der Waals surface area contributed by atoms with Gasteiger partial charge in [0, 0.05) is 28.4 Å². The van der Waals surface area contributed by atoms with E-state index in [-0.39, 0.29) is 17.9 Å². The zero-order chi connectivity index (χ0) is 26.1. The minimum absolute atomic E-state index is 0.0440. The van der Waals surface area contributed by atoms with Crippen LogP contribution in [0.5, 0.6) is 5.75 Å². The molecule has 8 heteroatoms. The van der Waals surface area contributed by atoms with E-state index < -0.39 is 23.7 Å². The van der Waals surface area contributed by atoms with Crippen LogP contribution in [0.3, 0.4) is 0 Å². The molecular formula is C29H24N2O6. The molecule has 1 fully saturated rings.